The van der Waals surface area contributed by atoms with Gasteiger partial charge in [0, 0.05) is 51.7 Å². The van der Waals surface area contributed by atoms with Gasteiger partial charge < -0.3 is 23.7 Å². The van der Waals surface area contributed by atoms with Crippen LogP contribution in [0.4, 0.5) is 0 Å². The van der Waals surface area contributed by atoms with Gasteiger partial charge in [0.2, 0.25) is 0 Å². The quantitative estimate of drug-likeness (QED) is 0.255. The molecule has 0 saturated carbocycles. The van der Waals surface area contributed by atoms with Gasteiger partial charge in [-0.05, 0) is 42.0 Å². The summed E-state index contributed by atoms with van der Waals surface area (Å²) in [7, 11) is 1.01. The Morgan fingerprint density at radius 3 is 2.58 bits per heavy atom. The number of nitriles is 1. The molecule has 0 unspecified atom stereocenters. The SMILES string of the molecule is COc1cc(Cc2nccc(-c3ccc(OC4CCOCC4)c(C#N)c3)n2)ccc1OCCOCCNS(=O)(=O)N(C)C. The first kappa shape index (κ1) is 32.1. The first-order chi connectivity index (χ1) is 20.8. The van der Waals surface area contributed by atoms with Gasteiger partial charge >= 0.3 is 0 Å². The molecule has 2 aromatic carbocycles. The lowest BCUT2D eigenvalue weighted by Gasteiger charge is -2.23. The van der Waals surface area contributed by atoms with Crippen molar-refractivity contribution < 1.29 is 32.1 Å². The van der Waals surface area contributed by atoms with Crippen molar-refractivity contribution >= 4 is 10.2 Å². The largest absolute Gasteiger partial charge is 0.493 e. The van der Waals surface area contributed by atoms with Gasteiger partial charge in [-0.25, -0.2) is 9.97 Å². The van der Waals surface area contributed by atoms with Crippen LogP contribution >= 0.6 is 0 Å². The summed E-state index contributed by atoms with van der Waals surface area (Å²) in [4.78, 5) is 9.17. The molecule has 0 atom stereocenters. The lowest BCUT2D eigenvalue weighted by Crippen LogP contribution is -2.37. The normalized spacial score (nSPS) is 13.9. The number of benzene rings is 2. The van der Waals surface area contributed by atoms with Crippen molar-refractivity contribution in [3.05, 3.63) is 65.6 Å². The highest BCUT2D eigenvalue weighted by Gasteiger charge is 2.18. The molecule has 2 heterocycles. The number of hydrogen-bond acceptors (Lipinski definition) is 10. The molecule has 1 fully saturated rings. The van der Waals surface area contributed by atoms with Crippen LogP contribution < -0.4 is 18.9 Å². The lowest BCUT2D eigenvalue weighted by molar-refractivity contribution is 0.0254. The van der Waals surface area contributed by atoms with Gasteiger partial charge in [-0.15, -0.1) is 0 Å². The Bertz CT molecular complexity index is 1500. The molecule has 3 aromatic rings. The van der Waals surface area contributed by atoms with Gasteiger partial charge in [-0.3, -0.25) is 0 Å². The van der Waals surface area contributed by atoms with Gasteiger partial charge in [-0.2, -0.15) is 22.7 Å². The Hall–Kier alpha value is -3.80. The van der Waals surface area contributed by atoms with E-state index in [4.69, 9.17) is 28.7 Å². The van der Waals surface area contributed by atoms with E-state index in [9.17, 15) is 13.7 Å². The summed E-state index contributed by atoms with van der Waals surface area (Å²) in [5.41, 5.74) is 2.91. The summed E-state index contributed by atoms with van der Waals surface area (Å²) < 4.78 is 55.2. The van der Waals surface area contributed by atoms with E-state index in [1.54, 1.807) is 19.4 Å². The molecule has 1 aromatic heterocycles. The maximum atomic E-state index is 11.7. The standard InChI is InChI=1S/C30H37N5O7S/c1-35(2)43(36,37)33-12-15-40-16-17-41-28-6-4-22(18-29(28)38-3)19-30-32-11-8-26(34-30)23-5-7-27(24(20-23)21-31)42-25-9-13-39-14-10-25/h4-8,11,18,20,25,33H,9-10,12-17,19H2,1-3H3. The smallest absolute Gasteiger partial charge is 0.279 e. The number of methoxy groups -OCH3 is 1. The fourth-order valence-corrected chi connectivity index (χ4v) is 4.91. The first-order valence-electron chi connectivity index (χ1n) is 13.9. The number of hydrogen-bond donors (Lipinski definition) is 1. The average Bonchev–Trinajstić information content (AvgIpc) is 3.01. The maximum absolute atomic E-state index is 11.7. The number of nitrogens with one attached hydrogen (secondary N) is 1. The molecule has 1 saturated heterocycles. The van der Waals surface area contributed by atoms with Crippen molar-refractivity contribution in [2.24, 2.45) is 0 Å². The second-order valence-corrected chi connectivity index (χ2v) is 11.9. The minimum atomic E-state index is -3.47. The fourth-order valence-electron chi connectivity index (χ4n) is 4.31. The van der Waals surface area contributed by atoms with Crippen LogP contribution in [0.3, 0.4) is 0 Å². The molecule has 0 aliphatic carbocycles. The monoisotopic (exact) mass is 611 g/mol. The van der Waals surface area contributed by atoms with E-state index in [2.05, 4.69) is 15.8 Å². The van der Waals surface area contributed by atoms with Crippen LogP contribution in [-0.4, -0.2) is 89.6 Å². The number of rotatable bonds is 15. The zero-order chi connectivity index (χ0) is 30.7. The van der Waals surface area contributed by atoms with E-state index >= 15 is 0 Å². The predicted octanol–water partition coefficient (Wildman–Crippen LogP) is 2.96. The van der Waals surface area contributed by atoms with E-state index < -0.39 is 10.2 Å². The lowest BCUT2D eigenvalue weighted by atomic mass is 10.1. The van der Waals surface area contributed by atoms with E-state index in [1.165, 1.54) is 14.1 Å². The Balaban J connectivity index is 1.33. The zero-order valence-corrected chi connectivity index (χ0v) is 25.4. The van der Waals surface area contributed by atoms with Gasteiger partial charge in [0.05, 0.1) is 44.8 Å². The molecule has 0 spiro atoms. The predicted molar refractivity (Wildman–Crippen MR) is 159 cm³/mol. The van der Waals surface area contributed by atoms with Gasteiger partial charge in [-0.1, -0.05) is 6.07 Å². The molecule has 12 nitrogen and oxygen atoms in total. The summed E-state index contributed by atoms with van der Waals surface area (Å²) in [6.07, 6.45) is 3.82. The summed E-state index contributed by atoms with van der Waals surface area (Å²) in [6, 6.07) is 15.2. The number of ether oxygens (including phenoxy) is 5. The molecule has 230 valence electrons. The molecule has 43 heavy (non-hydrogen) atoms. The molecule has 0 radical (unpaired) electrons. The third-order valence-corrected chi connectivity index (χ3v) is 8.18. The van der Waals surface area contributed by atoms with Crippen molar-refractivity contribution in [3.8, 4) is 34.6 Å². The molecule has 1 aliphatic heterocycles. The van der Waals surface area contributed by atoms with Crippen LogP contribution in [0, 0.1) is 11.3 Å². The van der Waals surface area contributed by atoms with Crippen molar-refractivity contribution in [2.75, 3.05) is 60.8 Å². The van der Waals surface area contributed by atoms with Crippen LogP contribution in [0.25, 0.3) is 11.3 Å². The van der Waals surface area contributed by atoms with Crippen molar-refractivity contribution in [1.29, 1.82) is 5.26 Å². The Morgan fingerprint density at radius 2 is 1.84 bits per heavy atom. The first-order valence-corrected chi connectivity index (χ1v) is 15.4. The Kier molecular flexibility index (Phi) is 11.7. The van der Waals surface area contributed by atoms with Crippen molar-refractivity contribution in [2.45, 2.75) is 25.4 Å². The van der Waals surface area contributed by atoms with E-state index in [0.717, 1.165) is 28.3 Å². The second kappa shape index (κ2) is 15.6. The molecule has 1 N–H and O–H groups in total. The maximum Gasteiger partial charge on any atom is 0.279 e. The molecule has 13 heteroatoms. The zero-order valence-electron chi connectivity index (χ0n) is 24.6. The van der Waals surface area contributed by atoms with Crippen LogP contribution in [0.15, 0.2) is 48.7 Å². The van der Waals surface area contributed by atoms with Crippen molar-refractivity contribution in [1.82, 2.24) is 19.0 Å². The van der Waals surface area contributed by atoms with E-state index in [1.807, 2.05) is 36.4 Å². The Labute approximate surface area is 252 Å². The van der Waals surface area contributed by atoms with Gasteiger partial charge in [0.15, 0.2) is 11.5 Å². The molecule has 4 rings (SSSR count). The van der Waals surface area contributed by atoms with Crippen LogP contribution in [-0.2, 0) is 26.1 Å². The highest BCUT2D eigenvalue weighted by Crippen LogP contribution is 2.30. The third-order valence-electron chi connectivity index (χ3n) is 6.65. The van der Waals surface area contributed by atoms with E-state index in [0.29, 0.717) is 54.0 Å². The van der Waals surface area contributed by atoms with E-state index in [-0.39, 0.29) is 32.5 Å². The second-order valence-electron chi connectivity index (χ2n) is 9.92. The molecule has 0 amide bonds. The summed E-state index contributed by atoms with van der Waals surface area (Å²) in [5.74, 6) is 2.31. The molecular weight excluding hydrogens is 574 g/mol. The van der Waals surface area contributed by atoms with Crippen LogP contribution in [0.1, 0.15) is 29.8 Å². The summed E-state index contributed by atoms with van der Waals surface area (Å²) in [6.45, 7) is 2.27. The fraction of sp³-hybridized carbons (Fsp3) is 0.433. The Morgan fingerprint density at radius 1 is 1.05 bits per heavy atom. The molecule has 1 aliphatic rings. The highest BCUT2D eigenvalue weighted by atomic mass is 32.2. The molecule has 0 bridgehead atoms. The third kappa shape index (κ3) is 9.34. The number of aromatic nitrogens is 2. The van der Waals surface area contributed by atoms with Gasteiger partial charge in [0.25, 0.3) is 10.2 Å². The average molecular weight is 612 g/mol. The van der Waals surface area contributed by atoms with Gasteiger partial charge in [0.1, 0.15) is 30.4 Å². The van der Waals surface area contributed by atoms with Crippen LogP contribution in [0.5, 0.6) is 17.2 Å². The highest BCUT2D eigenvalue weighted by molar-refractivity contribution is 7.87. The minimum Gasteiger partial charge on any atom is -0.493 e. The minimum absolute atomic E-state index is 0.0447. The topological polar surface area (TPSA) is 145 Å². The number of nitrogens with zero attached hydrogens (tertiary/aromatic N) is 4. The summed E-state index contributed by atoms with van der Waals surface area (Å²) >= 11 is 0. The van der Waals surface area contributed by atoms with Crippen molar-refractivity contribution in [3.63, 3.8) is 0 Å². The summed E-state index contributed by atoms with van der Waals surface area (Å²) in [5, 5.41) is 9.75. The van der Waals surface area contributed by atoms with Crippen LogP contribution in [0.2, 0.25) is 0 Å². The molecular formula is C30H37N5O7S.